The number of methoxy groups -OCH3 is 1. The summed E-state index contributed by atoms with van der Waals surface area (Å²) in [5.74, 6) is 0.218. The van der Waals surface area contributed by atoms with Gasteiger partial charge in [-0.05, 0) is 17.7 Å². The van der Waals surface area contributed by atoms with Crippen molar-refractivity contribution < 1.29 is 14.3 Å². The van der Waals surface area contributed by atoms with Crippen LogP contribution >= 0.6 is 0 Å². The van der Waals surface area contributed by atoms with Crippen molar-refractivity contribution >= 4 is 11.8 Å². The molecule has 0 radical (unpaired) electrons. The van der Waals surface area contributed by atoms with Crippen LogP contribution in [0.1, 0.15) is 22.3 Å². The van der Waals surface area contributed by atoms with E-state index in [4.69, 9.17) is 4.74 Å². The summed E-state index contributed by atoms with van der Waals surface area (Å²) < 4.78 is 4.97. The highest BCUT2D eigenvalue weighted by Crippen LogP contribution is 2.06. The minimum absolute atomic E-state index is 0.130. The topological polar surface area (TPSA) is 80.3 Å². The molecule has 0 fully saturated rings. The van der Waals surface area contributed by atoms with Gasteiger partial charge in [-0.3, -0.25) is 9.59 Å². The number of rotatable bonds is 7. The minimum Gasteiger partial charge on any atom is -0.481 e. The first-order chi connectivity index (χ1) is 11.2. The Morgan fingerprint density at radius 1 is 1.09 bits per heavy atom. The first kappa shape index (κ1) is 16.5. The number of pyridine rings is 1. The van der Waals surface area contributed by atoms with Crippen molar-refractivity contribution in [3.63, 3.8) is 0 Å². The monoisotopic (exact) mass is 313 g/mol. The van der Waals surface area contributed by atoms with Crippen molar-refractivity contribution in [2.75, 3.05) is 13.7 Å². The van der Waals surface area contributed by atoms with Crippen molar-refractivity contribution in [2.24, 2.45) is 0 Å². The molecule has 2 N–H and O–H groups in total. The molecule has 0 bridgehead atoms. The first-order valence-corrected chi connectivity index (χ1v) is 7.28. The smallest absolute Gasteiger partial charge is 0.251 e. The van der Waals surface area contributed by atoms with Crippen LogP contribution in [0, 0.1) is 0 Å². The predicted octanol–water partition coefficient (Wildman–Crippen LogP) is 1.53. The van der Waals surface area contributed by atoms with Crippen molar-refractivity contribution in [2.45, 2.75) is 13.0 Å². The summed E-state index contributed by atoms with van der Waals surface area (Å²) in [4.78, 5) is 27.6. The fourth-order valence-corrected chi connectivity index (χ4v) is 1.91. The van der Waals surface area contributed by atoms with Crippen LogP contribution in [-0.2, 0) is 11.3 Å². The van der Waals surface area contributed by atoms with E-state index < -0.39 is 0 Å². The third kappa shape index (κ3) is 5.43. The second-order valence-electron chi connectivity index (χ2n) is 4.86. The van der Waals surface area contributed by atoms with Gasteiger partial charge in [0.25, 0.3) is 5.91 Å². The van der Waals surface area contributed by atoms with Crippen LogP contribution in [-0.4, -0.2) is 30.5 Å². The number of amides is 2. The third-order valence-corrected chi connectivity index (χ3v) is 3.17. The lowest BCUT2D eigenvalue weighted by Gasteiger charge is -2.07. The molecule has 2 aromatic rings. The highest BCUT2D eigenvalue weighted by molar-refractivity contribution is 5.94. The second kappa shape index (κ2) is 8.53. The zero-order valence-corrected chi connectivity index (χ0v) is 12.9. The number of carbonyl (C=O) groups excluding carboxylic acids is 2. The molecule has 6 nitrogen and oxygen atoms in total. The van der Waals surface area contributed by atoms with Crippen LogP contribution < -0.4 is 15.4 Å². The molecule has 0 unspecified atom stereocenters. The van der Waals surface area contributed by atoms with E-state index in [1.165, 1.54) is 0 Å². The average Bonchev–Trinajstić information content (AvgIpc) is 2.61. The van der Waals surface area contributed by atoms with Crippen LogP contribution in [0.3, 0.4) is 0 Å². The molecule has 0 aliphatic carbocycles. The Hall–Kier alpha value is -2.89. The molecule has 0 saturated carbocycles. The van der Waals surface area contributed by atoms with Gasteiger partial charge in [-0.2, -0.15) is 0 Å². The van der Waals surface area contributed by atoms with E-state index in [0.29, 0.717) is 24.5 Å². The van der Waals surface area contributed by atoms with Crippen molar-refractivity contribution in [3.05, 3.63) is 59.8 Å². The number of aromatic nitrogens is 1. The van der Waals surface area contributed by atoms with Crippen molar-refractivity contribution in [1.29, 1.82) is 0 Å². The van der Waals surface area contributed by atoms with Crippen molar-refractivity contribution in [1.82, 2.24) is 15.6 Å². The molecule has 0 spiro atoms. The molecular weight excluding hydrogens is 294 g/mol. The Labute approximate surface area is 134 Å². The molecule has 2 amide bonds. The van der Waals surface area contributed by atoms with E-state index in [2.05, 4.69) is 15.6 Å². The van der Waals surface area contributed by atoms with Gasteiger partial charge in [-0.15, -0.1) is 0 Å². The van der Waals surface area contributed by atoms with Gasteiger partial charge in [0.15, 0.2) is 0 Å². The van der Waals surface area contributed by atoms with Gasteiger partial charge >= 0.3 is 0 Å². The quantitative estimate of drug-likeness (QED) is 0.812. The highest BCUT2D eigenvalue weighted by Gasteiger charge is 2.06. The van der Waals surface area contributed by atoms with Gasteiger partial charge in [-0.1, -0.05) is 24.3 Å². The molecule has 0 aliphatic rings. The molecule has 6 heteroatoms. The summed E-state index contributed by atoms with van der Waals surface area (Å²) in [5, 5.41) is 5.49. The van der Waals surface area contributed by atoms with E-state index in [9.17, 15) is 9.59 Å². The summed E-state index contributed by atoms with van der Waals surface area (Å²) in [6, 6.07) is 12.5. The normalized spacial score (nSPS) is 9.96. The lowest BCUT2D eigenvalue weighted by Crippen LogP contribution is -2.30. The average molecular weight is 313 g/mol. The number of benzene rings is 1. The van der Waals surface area contributed by atoms with Gasteiger partial charge in [0, 0.05) is 37.3 Å². The molecule has 0 aliphatic heterocycles. The molecule has 1 heterocycles. The highest BCUT2D eigenvalue weighted by atomic mass is 16.5. The standard InChI is InChI=1S/C17H19N3O3/c1-23-16-8-7-13(12-20-16)11-19-15(21)9-10-18-17(22)14-5-3-2-4-6-14/h2-8,12H,9-11H2,1H3,(H,18,22)(H,19,21). The molecule has 0 saturated heterocycles. The van der Waals surface area contributed by atoms with E-state index in [1.807, 2.05) is 12.1 Å². The molecule has 120 valence electrons. The molecule has 0 atom stereocenters. The Bertz CT molecular complexity index is 642. The first-order valence-electron chi connectivity index (χ1n) is 7.28. The maximum Gasteiger partial charge on any atom is 0.251 e. The van der Waals surface area contributed by atoms with Crippen LogP contribution in [0.5, 0.6) is 5.88 Å². The summed E-state index contributed by atoms with van der Waals surface area (Å²) in [6.45, 7) is 0.683. The molecular formula is C17H19N3O3. The van der Waals surface area contributed by atoms with E-state index >= 15 is 0 Å². The second-order valence-corrected chi connectivity index (χ2v) is 4.86. The lowest BCUT2D eigenvalue weighted by molar-refractivity contribution is -0.121. The molecule has 2 rings (SSSR count). The molecule has 1 aromatic heterocycles. The Kier molecular flexibility index (Phi) is 6.11. The van der Waals surface area contributed by atoms with Gasteiger partial charge in [0.1, 0.15) is 0 Å². The van der Waals surface area contributed by atoms with Gasteiger partial charge in [0.2, 0.25) is 11.8 Å². The minimum atomic E-state index is -0.183. The van der Waals surface area contributed by atoms with Crippen LogP contribution in [0.25, 0.3) is 0 Å². The summed E-state index contributed by atoms with van der Waals surface area (Å²) in [6.07, 6.45) is 1.87. The number of nitrogens with one attached hydrogen (secondary N) is 2. The van der Waals surface area contributed by atoms with Crippen LogP contribution in [0.4, 0.5) is 0 Å². The Balaban J connectivity index is 1.67. The number of hydrogen-bond donors (Lipinski definition) is 2. The SMILES string of the molecule is COc1ccc(CNC(=O)CCNC(=O)c2ccccc2)cn1. The van der Waals surface area contributed by atoms with Gasteiger partial charge < -0.3 is 15.4 Å². The lowest BCUT2D eigenvalue weighted by atomic mass is 10.2. The van der Waals surface area contributed by atoms with E-state index in [1.54, 1.807) is 43.6 Å². The summed E-state index contributed by atoms with van der Waals surface area (Å²) in [5.41, 5.74) is 1.46. The molecule has 1 aromatic carbocycles. The third-order valence-electron chi connectivity index (χ3n) is 3.17. The van der Waals surface area contributed by atoms with Crippen LogP contribution in [0.2, 0.25) is 0 Å². The predicted molar refractivity (Wildman–Crippen MR) is 86.0 cm³/mol. The summed E-state index contributed by atoms with van der Waals surface area (Å²) in [7, 11) is 1.55. The van der Waals surface area contributed by atoms with Crippen LogP contribution in [0.15, 0.2) is 48.7 Å². The van der Waals surface area contributed by atoms with Gasteiger partial charge in [-0.25, -0.2) is 4.98 Å². The maximum atomic E-state index is 11.8. The summed E-state index contributed by atoms with van der Waals surface area (Å²) >= 11 is 0. The number of hydrogen-bond acceptors (Lipinski definition) is 4. The largest absolute Gasteiger partial charge is 0.481 e. The Morgan fingerprint density at radius 3 is 2.52 bits per heavy atom. The van der Waals surface area contributed by atoms with Crippen molar-refractivity contribution in [3.8, 4) is 5.88 Å². The van der Waals surface area contributed by atoms with E-state index in [-0.39, 0.29) is 18.2 Å². The number of nitrogens with zero attached hydrogens (tertiary/aromatic N) is 1. The number of ether oxygens (including phenoxy) is 1. The zero-order chi connectivity index (χ0) is 16.5. The van der Waals surface area contributed by atoms with E-state index in [0.717, 1.165) is 5.56 Å². The zero-order valence-electron chi connectivity index (χ0n) is 12.9. The molecule has 23 heavy (non-hydrogen) atoms. The maximum absolute atomic E-state index is 11.8. The Morgan fingerprint density at radius 2 is 1.87 bits per heavy atom. The number of carbonyl (C=O) groups is 2. The fraction of sp³-hybridized carbons (Fsp3) is 0.235. The fourth-order valence-electron chi connectivity index (χ4n) is 1.91. The van der Waals surface area contributed by atoms with Gasteiger partial charge in [0.05, 0.1) is 7.11 Å².